The number of carbonyl (C=O) groups excluding carboxylic acids is 1. The van der Waals surface area contributed by atoms with Crippen LogP contribution in [-0.4, -0.2) is 74.0 Å². The SMILES string of the molecule is CN(C1CCN(CC(=O)N2CCc3sccc3C2)CC1)S(C)(=O)=O. The lowest BCUT2D eigenvalue weighted by atomic mass is 10.1. The standard InChI is InChI=1S/C16H25N3O3S2/c1-17(24(2,21)22)14-3-7-18(8-4-14)12-16(20)19-9-5-15-13(11-19)6-10-23-15/h6,10,14H,3-5,7-9,11-12H2,1-2H3. The van der Waals surface area contributed by atoms with E-state index in [1.54, 1.807) is 18.4 Å². The van der Waals surface area contributed by atoms with E-state index in [9.17, 15) is 13.2 Å². The molecule has 8 heteroatoms. The number of hydrogen-bond donors (Lipinski definition) is 0. The van der Waals surface area contributed by atoms with Gasteiger partial charge in [-0.15, -0.1) is 11.3 Å². The molecular formula is C16H25N3O3S2. The molecule has 0 unspecified atom stereocenters. The Kier molecular flexibility index (Phi) is 5.29. The Hall–Kier alpha value is -0.960. The summed E-state index contributed by atoms with van der Waals surface area (Å²) in [5, 5.41) is 2.10. The molecule has 0 atom stereocenters. The van der Waals surface area contributed by atoms with Crippen molar-refractivity contribution in [2.75, 3.05) is 39.5 Å². The molecule has 24 heavy (non-hydrogen) atoms. The van der Waals surface area contributed by atoms with Gasteiger partial charge in [-0.2, -0.15) is 0 Å². The molecule has 3 heterocycles. The fraction of sp³-hybridized carbons (Fsp3) is 0.688. The van der Waals surface area contributed by atoms with Crippen LogP contribution in [-0.2, 0) is 27.8 Å². The maximum Gasteiger partial charge on any atom is 0.237 e. The van der Waals surface area contributed by atoms with Crippen LogP contribution >= 0.6 is 11.3 Å². The average molecular weight is 372 g/mol. The molecule has 0 N–H and O–H groups in total. The number of nitrogens with zero attached hydrogens (tertiary/aromatic N) is 3. The molecular weight excluding hydrogens is 346 g/mol. The van der Waals surface area contributed by atoms with E-state index >= 15 is 0 Å². The van der Waals surface area contributed by atoms with Crippen LogP contribution in [0.25, 0.3) is 0 Å². The quantitative estimate of drug-likeness (QED) is 0.792. The number of thiophene rings is 1. The van der Waals surface area contributed by atoms with Gasteiger partial charge in [-0.1, -0.05) is 0 Å². The van der Waals surface area contributed by atoms with E-state index in [2.05, 4.69) is 16.3 Å². The van der Waals surface area contributed by atoms with Crippen molar-refractivity contribution < 1.29 is 13.2 Å². The summed E-state index contributed by atoms with van der Waals surface area (Å²) in [5.74, 6) is 0.182. The van der Waals surface area contributed by atoms with Gasteiger partial charge in [-0.25, -0.2) is 12.7 Å². The zero-order valence-corrected chi connectivity index (χ0v) is 15.9. The second-order valence-electron chi connectivity index (χ2n) is 6.72. The van der Waals surface area contributed by atoms with Crippen LogP contribution in [0.4, 0.5) is 0 Å². The smallest absolute Gasteiger partial charge is 0.237 e. The molecule has 2 aliphatic rings. The third-order valence-electron chi connectivity index (χ3n) is 5.11. The highest BCUT2D eigenvalue weighted by Crippen LogP contribution is 2.24. The van der Waals surface area contributed by atoms with Crippen molar-refractivity contribution >= 4 is 27.3 Å². The summed E-state index contributed by atoms with van der Waals surface area (Å²) in [6, 6.07) is 2.17. The molecule has 2 aliphatic heterocycles. The number of piperidine rings is 1. The third-order valence-corrected chi connectivity index (χ3v) is 7.48. The Morgan fingerprint density at radius 3 is 2.71 bits per heavy atom. The van der Waals surface area contributed by atoms with E-state index in [-0.39, 0.29) is 11.9 Å². The van der Waals surface area contributed by atoms with E-state index in [0.29, 0.717) is 6.54 Å². The molecule has 1 aromatic rings. The molecule has 1 amide bonds. The van der Waals surface area contributed by atoms with E-state index < -0.39 is 10.0 Å². The van der Waals surface area contributed by atoms with Crippen LogP contribution in [0.1, 0.15) is 23.3 Å². The van der Waals surface area contributed by atoms with Gasteiger partial charge in [-0.05, 0) is 36.3 Å². The summed E-state index contributed by atoms with van der Waals surface area (Å²) in [6.45, 7) is 3.51. The zero-order chi connectivity index (χ0) is 17.3. The summed E-state index contributed by atoms with van der Waals surface area (Å²) in [4.78, 5) is 18.1. The van der Waals surface area contributed by atoms with E-state index in [1.807, 2.05) is 4.90 Å². The number of hydrogen-bond acceptors (Lipinski definition) is 5. The van der Waals surface area contributed by atoms with Gasteiger partial charge in [0.05, 0.1) is 12.8 Å². The molecule has 0 saturated carbocycles. The van der Waals surface area contributed by atoms with Crippen LogP contribution in [0.5, 0.6) is 0 Å². The van der Waals surface area contributed by atoms with Crippen LogP contribution in [0, 0.1) is 0 Å². The molecule has 1 fully saturated rings. The van der Waals surface area contributed by atoms with E-state index in [0.717, 1.165) is 45.4 Å². The van der Waals surface area contributed by atoms with Crippen LogP contribution in [0.2, 0.25) is 0 Å². The minimum atomic E-state index is -3.14. The van der Waals surface area contributed by atoms with Crippen molar-refractivity contribution in [3.8, 4) is 0 Å². The number of amides is 1. The number of sulfonamides is 1. The normalized spacial score (nSPS) is 20.4. The first-order valence-corrected chi connectivity index (χ1v) is 11.1. The van der Waals surface area contributed by atoms with Gasteiger partial charge in [0.15, 0.2) is 0 Å². The predicted molar refractivity (Wildman–Crippen MR) is 95.5 cm³/mol. The Morgan fingerprint density at radius 1 is 1.33 bits per heavy atom. The van der Waals surface area contributed by atoms with Gasteiger partial charge in [0.2, 0.25) is 15.9 Å². The van der Waals surface area contributed by atoms with Crippen molar-refractivity contribution in [2.24, 2.45) is 0 Å². The van der Waals surface area contributed by atoms with Crippen LogP contribution in [0.3, 0.4) is 0 Å². The van der Waals surface area contributed by atoms with Crippen molar-refractivity contribution in [1.29, 1.82) is 0 Å². The molecule has 3 rings (SSSR count). The average Bonchev–Trinajstić information content (AvgIpc) is 3.01. The maximum atomic E-state index is 12.6. The maximum absolute atomic E-state index is 12.6. The molecule has 0 aliphatic carbocycles. The van der Waals surface area contributed by atoms with Gasteiger partial charge in [0, 0.05) is 44.1 Å². The first kappa shape index (κ1) is 17.8. The summed E-state index contributed by atoms with van der Waals surface area (Å²) in [7, 11) is -1.50. The second kappa shape index (κ2) is 7.11. The van der Waals surface area contributed by atoms with Crippen molar-refractivity contribution in [3.63, 3.8) is 0 Å². The summed E-state index contributed by atoms with van der Waals surface area (Å²) in [6.07, 6.45) is 3.77. The molecule has 6 nitrogen and oxygen atoms in total. The third kappa shape index (κ3) is 3.99. The highest BCUT2D eigenvalue weighted by atomic mass is 32.2. The van der Waals surface area contributed by atoms with E-state index in [4.69, 9.17) is 0 Å². The predicted octanol–water partition coefficient (Wildman–Crippen LogP) is 0.989. The lowest BCUT2D eigenvalue weighted by Gasteiger charge is -2.36. The number of rotatable bonds is 4. The molecule has 0 aromatic carbocycles. The topological polar surface area (TPSA) is 60.9 Å². The van der Waals surface area contributed by atoms with Gasteiger partial charge in [0.1, 0.15) is 0 Å². The summed E-state index contributed by atoms with van der Waals surface area (Å²) < 4.78 is 24.7. The molecule has 1 aromatic heterocycles. The van der Waals surface area contributed by atoms with E-state index in [1.165, 1.54) is 21.0 Å². The molecule has 1 saturated heterocycles. The lowest BCUT2D eigenvalue weighted by Crippen LogP contribution is -2.48. The van der Waals surface area contributed by atoms with Gasteiger partial charge in [-0.3, -0.25) is 9.69 Å². The number of carbonyl (C=O) groups is 1. The van der Waals surface area contributed by atoms with Gasteiger partial charge >= 0.3 is 0 Å². The summed E-state index contributed by atoms with van der Waals surface area (Å²) >= 11 is 1.78. The number of likely N-dealkylation sites (tertiary alicyclic amines) is 1. The first-order chi connectivity index (χ1) is 11.3. The monoisotopic (exact) mass is 371 g/mol. The van der Waals surface area contributed by atoms with Crippen molar-refractivity contribution in [2.45, 2.75) is 31.8 Å². The minimum Gasteiger partial charge on any atom is -0.337 e. The second-order valence-corrected chi connectivity index (χ2v) is 9.76. The Balaban J connectivity index is 1.49. The van der Waals surface area contributed by atoms with Crippen LogP contribution in [0.15, 0.2) is 11.4 Å². The fourth-order valence-electron chi connectivity index (χ4n) is 3.46. The van der Waals surface area contributed by atoms with Crippen LogP contribution < -0.4 is 0 Å². The lowest BCUT2D eigenvalue weighted by molar-refractivity contribution is -0.133. The largest absolute Gasteiger partial charge is 0.337 e. The highest BCUT2D eigenvalue weighted by Gasteiger charge is 2.29. The minimum absolute atomic E-state index is 0.0507. The molecule has 0 spiro atoms. The molecule has 0 radical (unpaired) electrons. The zero-order valence-electron chi connectivity index (χ0n) is 14.3. The van der Waals surface area contributed by atoms with Gasteiger partial charge < -0.3 is 4.90 Å². The molecule has 0 bridgehead atoms. The van der Waals surface area contributed by atoms with Crippen molar-refractivity contribution in [3.05, 3.63) is 21.9 Å². The highest BCUT2D eigenvalue weighted by molar-refractivity contribution is 7.88. The van der Waals surface area contributed by atoms with Crippen molar-refractivity contribution in [1.82, 2.24) is 14.1 Å². The molecule has 134 valence electrons. The summed E-state index contributed by atoms with van der Waals surface area (Å²) in [5.41, 5.74) is 1.29. The Labute approximate surface area is 148 Å². The Morgan fingerprint density at radius 2 is 2.04 bits per heavy atom. The number of fused-ring (bicyclic) bond motifs is 1. The fourth-order valence-corrected chi connectivity index (χ4v) is 5.11. The van der Waals surface area contributed by atoms with Gasteiger partial charge in [0.25, 0.3) is 0 Å². The Bertz CT molecular complexity index is 693. The first-order valence-electron chi connectivity index (χ1n) is 8.33.